The van der Waals surface area contributed by atoms with Gasteiger partial charge in [-0.3, -0.25) is 4.79 Å². The number of amides is 1. The van der Waals surface area contributed by atoms with Gasteiger partial charge in [0.2, 0.25) is 0 Å². The van der Waals surface area contributed by atoms with Crippen LogP contribution in [0.1, 0.15) is 21.5 Å². The normalized spacial score (nSPS) is 10.8. The number of nitrogens with zero attached hydrogens (tertiary/aromatic N) is 2. The highest BCUT2D eigenvalue weighted by Crippen LogP contribution is 2.26. The van der Waals surface area contributed by atoms with E-state index in [2.05, 4.69) is 24.4 Å². The third kappa shape index (κ3) is 3.09. The number of nitrogens with one attached hydrogen (secondary N) is 1. The van der Waals surface area contributed by atoms with Gasteiger partial charge in [-0.25, -0.2) is 4.98 Å². The van der Waals surface area contributed by atoms with Crippen LogP contribution in [0.3, 0.4) is 0 Å². The third-order valence-electron chi connectivity index (χ3n) is 4.43. The molecule has 4 nitrogen and oxygen atoms in total. The second-order valence-electron chi connectivity index (χ2n) is 6.45. The standard InChI is InChI=1S/C22H19N3O/c1-15-10-11-25-14-20(23-21(25)12-15)18-9-8-16(2)19(13-18)24-22(26)17-6-4-3-5-7-17/h3-14H,1-2H3,(H,24,26). The lowest BCUT2D eigenvalue weighted by Gasteiger charge is -2.10. The molecule has 2 aromatic carbocycles. The topological polar surface area (TPSA) is 46.4 Å². The summed E-state index contributed by atoms with van der Waals surface area (Å²) in [5, 5.41) is 3.01. The van der Waals surface area contributed by atoms with Gasteiger partial charge in [0.1, 0.15) is 5.65 Å². The maximum atomic E-state index is 12.5. The first-order valence-corrected chi connectivity index (χ1v) is 8.53. The van der Waals surface area contributed by atoms with Gasteiger partial charge in [-0.2, -0.15) is 0 Å². The largest absolute Gasteiger partial charge is 0.322 e. The summed E-state index contributed by atoms with van der Waals surface area (Å²) in [6.07, 6.45) is 4.01. The highest BCUT2D eigenvalue weighted by Gasteiger charge is 2.10. The zero-order valence-electron chi connectivity index (χ0n) is 14.7. The van der Waals surface area contributed by atoms with E-state index >= 15 is 0 Å². The van der Waals surface area contributed by atoms with E-state index in [1.807, 2.05) is 60.1 Å². The second kappa shape index (κ2) is 6.48. The van der Waals surface area contributed by atoms with Crippen LogP contribution in [0.5, 0.6) is 0 Å². The van der Waals surface area contributed by atoms with Crippen LogP contribution in [0.2, 0.25) is 0 Å². The Morgan fingerprint density at radius 2 is 1.81 bits per heavy atom. The molecule has 0 radical (unpaired) electrons. The zero-order chi connectivity index (χ0) is 18.1. The molecule has 4 aromatic rings. The van der Waals surface area contributed by atoms with Crippen molar-refractivity contribution < 1.29 is 4.79 Å². The Labute approximate surface area is 152 Å². The SMILES string of the molecule is Cc1ccn2cc(-c3ccc(C)c(NC(=O)c4ccccc4)c3)nc2c1. The number of carbonyl (C=O) groups excluding carboxylic acids is 1. The highest BCUT2D eigenvalue weighted by atomic mass is 16.1. The number of rotatable bonds is 3. The lowest BCUT2D eigenvalue weighted by molar-refractivity contribution is 0.102. The molecule has 0 bridgehead atoms. The van der Waals surface area contributed by atoms with E-state index < -0.39 is 0 Å². The number of anilines is 1. The number of aryl methyl sites for hydroxylation is 2. The fraction of sp³-hybridized carbons (Fsp3) is 0.0909. The molecule has 0 unspecified atom stereocenters. The molecule has 1 N–H and O–H groups in total. The third-order valence-corrected chi connectivity index (χ3v) is 4.43. The Balaban J connectivity index is 1.68. The van der Waals surface area contributed by atoms with Crippen molar-refractivity contribution in [2.24, 2.45) is 0 Å². The minimum Gasteiger partial charge on any atom is -0.322 e. The first kappa shape index (κ1) is 16.1. The van der Waals surface area contributed by atoms with Gasteiger partial charge in [-0.15, -0.1) is 0 Å². The molecule has 0 saturated carbocycles. The molecule has 1 amide bonds. The van der Waals surface area contributed by atoms with Gasteiger partial charge < -0.3 is 9.72 Å². The van der Waals surface area contributed by atoms with Crippen molar-refractivity contribution in [3.8, 4) is 11.3 Å². The van der Waals surface area contributed by atoms with Gasteiger partial charge in [0.05, 0.1) is 5.69 Å². The molecule has 128 valence electrons. The Bertz CT molecular complexity index is 1100. The molecule has 0 aliphatic carbocycles. The zero-order valence-corrected chi connectivity index (χ0v) is 14.7. The number of pyridine rings is 1. The number of fused-ring (bicyclic) bond motifs is 1. The lowest BCUT2D eigenvalue weighted by Crippen LogP contribution is -2.12. The molecular formula is C22H19N3O. The molecule has 2 aromatic heterocycles. The minimum absolute atomic E-state index is 0.114. The van der Waals surface area contributed by atoms with E-state index in [4.69, 9.17) is 4.98 Å². The van der Waals surface area contributed by atoms with E-state index in [1.54, 1.807) is 12.1 Å². The van der Waals surface area contributed by atoms with Crippen molar-refractivity contribution in [3.63, 3.8) is 0 Å². The van der Waals surface area contributed by atoms with E-state index in [0.29, 0.717) is 5.56 Å². The molecule has 4 heteroatoms. The molecule has 0 atom stereocenters. The summed E-state index contributed by atoms with van der Waals surface area (Å²) in [4.78, 5) is 17.2. The highest BCUT2D eigenvalue weighted by molar-refractivity contribution is 6.04. The predicted molar refractivity (Wildman–Crippen MR) is 104 cm³/mol. The average Bonchev–Trinajstić information content (AvgIpc) is 3.07. The van der Waals surface area contributed by atoms with Crippen molar-refractivity contribution in [1.29, 1.82) is 0 Å². The quantitative estimate of drug-likeness (QED) is 0.578. The fourth-order valence-electron chi connectivity index (χ4n) is 2.92. The van der Waals surface area contributed by atoms with Crippen molar-refractivity contribution in [2.75, 3.05) is 5.32 Å². The molecule has 0 aliphatic heterocycles. The summed E-state index contributed by atoms with van der Waals surface area (Å²) >= 11 is 0. The number of aromatic nitrogens is 2. The van der Waals surface area contributed by atoms with E-state index in [-0.39, 0.29) is 5.91 Å². The smallest absolute Gasteiger partial charge is 0.255 e. The maximum Gasteiger partial charge on any atom is 0.255 e. The number of benzene rings is 2. The summed E-state index contributed by atoms with van der Waals surface area (Å²) < 4.78 is 2.00. The Hall–Kier alpha value is -3.40. The Morgan fingerprint density at radius 3 is 2.62 bits per heavy atom. The molecule has 0 aliphatic rings. The molecule has 2 heterocycles. The molecule has 26 heavy (non-hydrogen) atoms. The van der Waals surface area contributed by atoms with Crippen LogP contribution in [-0.4, -0.2) is 15.3 Å². The first-order valence-electron chi connectivity index (χ1n) is 8.53. The predicted octanol–water partition coefficient (Wildman–Crippen LogP) is 4.87. The minimum atomic E-state index is -0.114. The van der Waals surface area contributed by atoms with Gasteiger partial charge >= 0.3 is 0 Å². The van der Waals surface area contributed by atoms with Gasteiger partial charge in [0.15, 0.2) is 0 Å². The number of carbonyl (C=O) groups is 1. The summed E-state index contributed by atoms with van der Waals surface area (Å²) in [5.41, 5.74) is 6.39. The van der Waals surface area contributed by atoms with Gasteiger partial charge in [-0.1, -0.05) is 30.3 Å². The maximum absolute atomic E-state index is 12.5. The first-order chi connectivity index (χ1) is 12.6. The van der Waals surface area contributed by atoms with Crippen LogP contribution in [0.4, 0.5) is 5.69 Å². The van der Waals surface area contributed by atoms with Crippen LogP contribution in [0.25, 0.3) is 16.9 Å². The van der Waals surface area contributed by atoms with Crippen LogP contribution >= 0.6 is 0 Å². The van der Waals surface area contributed by atoms with Crippen LogP contribution < -0.4 is 5.32 Å². The van der Waals surface area contributed by atoms with Crippen molar-refractivity contribution in [1.82, 2.24) is 9.38 Å². The Kier molecular flexibility index (Phi) is 4.01. The molecule has 0 fully saturated rings. The molecule has 0 spiro atoms. The number of hydrogen-bond donors (Lipinski definition) is 1. The summed E-state index contributed by atoms with van der Waals surface area (Å²) in [6.45, 7) is 4.04. The average molecular weight is 341 g/mol. The van der Waals surface area contributed by atoms with Crippen LogP contribution in [0, 0.1) is 13.8 Å². The van der Waals surface area contributed by atoms with Crippen molar-refractivity contribution >= 4 is 17.2 Å². The van der Waals surface area contributed by atoms with Gasteiger partial charge in [-0.05, 0) is 55.3 Å². The monoisotopic (exact) mass is 341 g/mol. The van der Waals surface area contributed by atoms with Crippen LogP contribution in [0.15, 0.2) is 73.1 Å². The van der Waals surface area contributed by atoms with Crippen LogP contribution in [-0.2, 0) is 0 Å². The second-order valence-corrected chi connectivity index (χ2v) is 6.45. The Morgan fingerprint density at radius 1 is 1.00 bits per heavy atom. The van der Waals surface area contributed by atoms with E-state index in [0.717, 1.165) is 28.2 Å². The van der Waals surface area contributed by atoms with Gasteiger partial charge in [0, 0.05) is 29.2 Å². The lowest BCUT2D eigenvalue weighted by atomic mass is 10.1. The molecular weight excluding hydrogens is 322 g/mol. The summed E-state index contributed by atoms with van der Waals surface area (Å²) in [6, 6.07) is 19.3. The number of imidazole rings is 1. The summed E-state index contributed by atoms with van der Waals surface area (Å²) in [7, 11) is 0. The molecule has 0 saturated heterocycles. The van der Waals surface area contributed by atoms with Crippen molar-refractivity contribution in [3.05, 3.63) is 89.7 Å². The van der Waals surface area contributed by atoms with E-state index in [1.165, 1.54) is 5.56 Å². The van der Waals surface area contributed by atoms with Crippen molar-refractivity contribution in [2.45, 2.75) is 13.8 Å². The molecule has 4 rings (SSSR count). The van der Waals surface area contributed by atoms with E-state index in [9.17, 15) is 4.79 Å². The number of hydrogen-bond acceptors (Lipinski definition) is 2. The fourth-order valence-corrected chi connectivity index (χ4v) is 2.92. The van der Waals surface area contributed by atoms with Gasteiger partial charge in [0.25, 0.3) is 5.91 Å². The summed E-state index contributed by atoms with van der Waals surface area (Å²) in [5.74, 6) is -0.114.